The lowest BCUT2D eigenvalue weighted by molar-refractivity contribution is -0.121. The van der Waals surface area contributed by atoms with E-state index >= 15 is 0 Å². The molecule has 3 nitrogen and oxygen atoms in total. The van der Waals surface area contributed by atoms with Crippen LogP contribution in [-0.2, 0) is 11.2 Å². The number of hydrogen-bond donors (Lipinski definition) is 2. The number of rotatable bonds is 3. The van der Waals surface area contributed by atoms with Crippen molar-refractivity contribution >= 4 is 5.91 Å². The number of hydrogen-bond acceptors (Lipinski definition) is 2. The van der Waals surface area contributed by atoms with Gasteiger partial charge < -0.3 is 10.6 Å². The van der Waals surface area contributed by atoms with Gasteiger partial charge in [0.15, 0.2) is 0 Å². The Morgan fingerprint density at radius 3 is 3.00 bits per heavy atom. The number of benzene rings is 1. The van der Waals surface area contributed by atoms with Crippen molar-refractivity contribution in [1.29, 1.82) is 0 Å². The maximum Gasteiger partial charge on any atom is 0.224 e. The quantitative estimate of drug-likeness (QED) is 0.856. The number of nitrogens with one attached hydrogen (secondary N) is 2. The summed E-state index contributed by atoms with van der Waals surface area (Å²) in [6.45, 7) is 3.06. The summed E-state index contributed by atoms with van der Waals surface area (Å²) in [5.74, 6) is -0.428. The van der Waals surface area contributed by atoms with Crippen LogP contribution in [0.25, 0.3) is 0 Å². The molecule has 1 aliphatic heterocycles. The van der Waals surface area contributed by atoms with E-state index in [1.165, 1.54) is 6.07 Å². The Morgan fingerprint density at radius 2 is 2.28 bits per heavy atom. The predicted molar refractivity (Wildman–Crippen MR) is 68.7 cm³/mol. The minimum absolute atomic E-state index is 0.107. The fourth-order valence-corrected chi connectivity index (χ4v) is 2.31. The molecule has 0 bridgehead atoms. The normalized spacial score (nSPS) is 23.7. The summed E-state index contributed by atoms with van der Waals surface area (Å²) >= 11 is 0. The Hall–Kier alpha value is -1.42. The van der Waals surface area contributed by atoms with E-state index in [2.05, 4.69) is 17.6 Å². The minimum Gasteiger partial charge on any atom is -0.352 e. The molecule has 0 aliphatic carbocycles. The molecule has 1 heterocycles. The van der Waals surface area contributed by atoms with Crippen molar-refractivity contribution in [3.05, 3.63) is 35.6 Å². The molecule has 98 valence electrons. The van der Waals surface area contributed by atoms with Crippen molar-refractivity contribution in [3.8, 4) is 0 Å². The zero-order valence-corrected chi connectivity index (χ0v) is 10.6. The third kappa shape index (κ3) is 3.29. The smallest absolute Gasteiger partial charge is 0.224 e. The molecule has 2 N–H and O–H groups in total. The molecule has 18 heavy (non-hydrogen) atoms. The van der Waals surface area contributed by atoms with Crippen LogP contribution in [0.15, 0.2) is 24.3 Å². The molecular weight excluding hydrogens is 231 g/mol. The van der Waals surface area contributed by atoms with E-state index in [1.807, 2.05) is 0 Å². The Bertz CT molecular complexity index is 422. The summed E-state index contributed by atoms with van der Waals surface area (Å²) in [7, 11) is 0. The lowest BCUT2D eigenvalue weighted by Gasteiger charge is -2.30. The van der Waals surface area contributed by atoms with Gasteiger partial charge in [-0.25, -0.2) is 4.39 Å². The first kappa shape index (κ1) is 13.0. The van der Waals surface area contributed by atoms with Crippen LogP contribution in [-0.4, -0.2) is 24.5 Å². The fourth-order valence-electron chi connectivity index (χ4n) is 2.31. The van der Waals surface area contributed by atoms with Crippen LogP contribution in [0.3, 0.4) is 0 Å². The van der Waals surface area contributed by atoms with Gasteiger partial charge in [-0.15, -0.1) is 0 Å². The third-order valence-electron chi connectivity index (χ3n) is 3.42. The van der Waals surface area contributed by atoms with Crippen LogP contribution in [0.2, 0.25) is 0 Å². The van der Waals surface area contributed by atoms with Crippen LogP contribution in [0, 0.1) is 5.82 Å². The van der Waals surface area contributed by atoms with E-state index in [0.717, 1.165) is 19.4 Å². The molecule has 2 rings (SSSR count). The zero-order valence-electron chi connectivity index (χ0n) is 10.6. The minimum atomic E-state index is -0.317. The molecule has 1 aromatic carbocycles. The Labute approximate surface area is 107 Å². The van der Waals surface area contributed by atoms with Gasteiger partial charge in [0.05, 0.1) is 6.42 Å². The summed E-state index contributed by atoms with van der Waals surface area (Å²) in [5, 5.41) is 6.30. The highest BCUT2D eigenvalue weighted by atomic mass is 19.1. The molecule has 2 atom stereocenters. The SMILES string of the molecule is C[C@H]1NCCC[C@@H]1NC(=O)Cc1ccccc1F. The lowest BCUT2D eigenvalue weighted by atomic mass is 9.99. The van der Waals surface area contributed by atoms with E-state index < -0.39 is 0 Å². The number of carbonyl (C=O) groups excluding carboxylic acids is 1. The van der Waals surface area contributed by atoms with Gasteiger partial charge in [-0.1, -0.05) is 18.2 Å². The topological polar surface area (TPSA) is 41.1 Å². The second kappa shape index (κ2) is 5.96. The van der Waals surface area contributed by atoms with Crippen LogP contribution in [0.1, 0.15) is 25.3 Å². The summed E-state index contributed by atoms with van der Waals surface area (Å²) in [6, 6.07) is 6.84. The molecule has 0 aromatic heterocycles. The lowest BCUT2D eigenvalue weighted by Crippen LogP contribution is -2.52. The van der Waals surface area contributed by atoms with Crippen molar-refractivity contribution in [2.45, 2.75) is 38.3 Å². The van der Waals surface area contributed by atoms with E-state index in [0.29, 0.717) is 5.56 Å². The number of halogens is 1. The third-order valence-corrected chi connectivity index (χ3v) is 3.42. The van der Waals surface area contributed by atoms with Crippen molar-refractivity contribution in [3.63, 3.8) is 0 Å². The van der Waals surface area contributed by atoms with E-state index in [-0.39, 0.29) is 30.2 Å². The number of amides is 1. The highest BCUT2D eigenvalue weighted by Crippen LogP contribution is 2.10. The van der Waals surface area contributed by atoms with Gasteiger partial charge in [0.2, 0.25) is 5.91 Å². The Morgan fingerprint density at radius 1 is 1.50 bits per heavy atom. The molecule has 0 saturated carbocycles. The highest BCUT2D eigenvalue weighted by molar-refractivity contribution is 5.79. The molecule has 1 fully saturated rings. The van der Waals surface area contributed by atoms with Gasteiger partial charge in [0, 0.05) is 12.1 Å². The summed E-state index contributed by atoms with van der Waals surface area (Å²) in [4.78, 5) is 11.9. The van der Waals surface area contributed by atoms with E-state index in [1.54, 1.807) is 18.2 Å². The van der Waals surface area contributed by atoms with Gasteiger partial charge >= 0.3 is 0 Å². The molecular formula is C14H19FN2O. The monoisotopic (exact) mass is 250 g/mol. The van der Waals surface area contributed by atoms with Crippen LogP contribution in [0.5, 0.6) is 0 Å². The molecule has 0 radical (unpaired) electrons. The first-order valence-electron chi connectivity index (χ1n) is 6.43. The highest BCUT2D eigenvalue weighted by Gasteiger charge is 2.22. The molecule has 0 spiro atoms. The zero-order chi connectivity index (χ0) is 13.0. The van der Waals surface area contributed by atoms with Gasteiger partial charge in [0.1, 0.15) is 5.82 Å². The molecule has 1 aliphatic rings. The van der Waals surface area contributed by atoms with Crippen LogP contribution < -0.4 is 10.6 Å². The molecule has 0 unspecified atom stereocenters. The van der Waals surface area contributed by atoms with Gasteiger partial charge in [-0.3, -0.25) is 4.79 Å². The molecule has 1 saturated heterocycles. The van der Waals surface area contributed by atoms with Crippen LogP contribution >= 0.6 is 0 Å². The van der Waals surface area contributed by atoms with Gasteiger partial charge in [0.25, 0.3) is 0 Å². The Kier molecular flexibility index (Phi) is 4.31. The van der Waals surface area contributed by atoms with E-state index in [9.17, 15) is 9.18 Å². The number of piperidine rings is 1. The van der Waals surface area contributed by atoms with Crippen molar-refractivity contribution in [2.24, 2.45) is 0 Å². The maximum absolute atomic E-state index is 13.4. The second-order valence-corrected chi connectivity index (χ2v) is 4.83. The largest absolute Gasteiger partial charge is 0.352 e. The summed E-state index contributed by atoms with van der Waals surface area (Å²) in [6.07, 6.45) is 2.15. The van der Waals surface area contributed by atoms with E-state index in [4.69, 9.17) is 0 Å². The Balaban J connectivity index is 1.90. The predicted octanol–water partition coefficient (Wildman–Crippen LogP) is 1.62. The summed E-state index contributed by atoms with van der Waals surface area (Å²) in [5.41, 5.74) is 0.450. The van der Waals surface area contributed by atoms with Gasteiger partial charge in [-0.05, 0) is 37.9 Å². The fraction of sp³-hybridized carbons (Fsp3) is 0.500. The first-order chi connectivity index (χ1) is 8.66. The molecule has 1 aromatic rings. The molecule has 4 heteroatoms. The van der Waals surface area contributed by atoms with Crippen molar-refractivity contribution in [2.75, 3.05) is 6.54 Å². The standard InChI is InChI=1S/C14H19FN2O/c1-10-13(7-4-8-16-10)17-14(18)9-11-5-2-3-6-12(11)15/h2-3,5-6,10,13,16H,4,7-9H2,1H3,(H,17,18)/t10-,13+/m1/s1. The summed E-state index contributed by atoms with van der Waals surface area (Å²) < 4.78 is 13.4. The van der Waals surface area contributed by atoms with Crippen molar-refractivity contribution in [1.82, 2.24) is 10.6 Å². The average molecular weight is 250 g/mol. The second-order valence-electron chi connectivity index (χ2n) is 4.83. The van der Waals surface area contributed by atoms with Crippen LogP contribution in [0.4, 0.5) is 4.39 Å². The maximum atomic E-state index is 13.4. The van der Waals surface area contributed by atoms with Gasteiger partial charge in [-0.2, -0.15) is 0 Å². The average Bonchev–Trinajstić information content (AvgIpc) is 2.35. The first-order valence-corrected chi connectivity index (χ1v) is 6.43. The molecule has 1 amide bonds. The van der Waals surface area contributed by atoms with Crippen molar-refractivity contribution < 1.29 is 9.18 Å². The number of carbonyl (C=O) groups is 1.